The van der Waals surface area contributed by atoms with Crippen LogP contribution in [0.5, 0.6) is 5.75 Å². The first-order valence-electron chi connectivity index (χ1n) is 11.7. The van der Waals surface area contributed by atoms with Crippen molar-refractivity contribution in [2.45, 2.75) is 44.6 Å². The number of rotatable bonds is 4. The fraction of sp³-hybridized carbons (Fsp3) is 0.462. The minimum Gasteiger partial charge on any atom is -0.497 e. The van der Waals surface area contributed by atoms with Gasteiger partial charge in [0.2, 0.25) is 5.91 Å². The maximum atomic E-state index is 14.0. The van der Waals surface area contributed by atoms with E-state index in [4.69, 9.17) is 4.74 Å². The molecule has 2 amide bonds. The Kier molecular flexibility index (Phi) is 7.26. The maximum absolute atomic E-state index is 14.0. The van der Waals surface area contributed by atoms with Gasteiger partial charge in [0.15, 0.2) is 0 Å². The Morgan fingerprint density at radius 1 is 0.909 bits per heavy atom. The van der Waals surface area contributed by atoms with Crippen molar-refractivity contribution in [3.05, 3.63) is 65.2 Å². The van der Waals surface area contributed by atoms with E-state index in [-0.39, 0.29) is 23.4 Å². The highest BCUT2D eigenvalue weighted by Crippen LogP contribution is 2.34. The fourth-order valence-electron chi connectivity index (χ4n) is 4.94. The molecule has 5 nitrogen and oxygen atoms in total. The number of amides is 2. The summed E-state index contributed by atoms with van der Waals surface area (Å²) in [7, 11) is 1.64. The van der Waals surface area contributed by atoms with Gasteiger partial charge in [-0.2, -0.15) is 0 Å². The molecule has 176 valence electrons. The topological polar surface area (TPSA) is 49.9 Å². The number of hydrogen-bond acceptors (Lipinski definition) is 3. The molecule has 7 heteroatoms. The van der Waals surface area contributed by atoms with Crippen LogP contribution in [0.2, 0.25) is 0 Å². The zero-order valence-electron chi connectivity index (χ0n) is 18.9. The number of carbonyl (C=O) groups is 2. The molecule has 0 spiro atoms. The van der Waals surface area contributed by atoms with Crippen LogP contribution in [0.25, 0.3) is 0 Å². The Morgan fingerprint density at radius 2 is 1.64 bits per heavy atom. The van der Waals surface area contributed by atoms with Gasteiger partial charge >= 0.3 is 0 Å². The normalized spacial score (nSPS) is 19.8. The summed E-state index contributed by atoms with van der Waals surface area (Å²) in [6.45, 7) is 1.50. The smallest absolute Gasteiger partial charge is 0.256 e. The maximum Gasteiger partial charge on any atom is 0.256 e. The average molecular weight is 457 g/mol. The lowest BCUT2D eigenvalue weighted by atomic mass is 9.92. The van der Waals surface area contributed by atoms with E-state index < -0.39 is 17.5 Å². The third-order valence-corrected chi connectivity index (χ3v) is 6.83. The third-order valence-electron chi connectivity index (χ3n) is 6.83. The van der Waals surface area contributed by atoms with Crippen LogP contribution in [-0.2, 0) is 4.79 Å². The van der Waals surface area contributed by atoms with Gasteiger partial charge in [-0.3, -0.25) is 9.59 Å². The molecule has 2 fully saturated rings. The van der Waals surface area contributed by atoms with E-state index in [2.05, 4.69) is 0 Å². The zero-order valence-corrected chi connectivity index (χ0v) is 18.9. The molecular formula is C26H30F2N2O3. The SMILES string of the molecule is COc1ccc([C@H]2CCCCCN2C(=O)C2CCN(C(=O)c3ccc(F)cc3F)CC2)cc1. The first-order valence-corrected chi connectivity index (χ1v) is 11.7. The molecular weight excluding hydrogens is 426 g/mol. The van der Waals surface area contributed by atoms with Crippen LogP contribution in [0.3, 0.4) is 0 Å². The Labute approximate surface area is 193 Å². The summed E-state index contributed by atoms with van der Waals surface area (Å²) in [5.74, 6) is -1.25. The molecule has 2 aliphatic rings. The van der Waals surface area contributed by atoms with Crippen molar-refractivity contribution >= 4 is 11.8 Å². The van der Waals surface area contributed by atoms with Gasteiger partial charge in [-0.25, -0.2) is 8.78 Å². The van der Waals surface area contributed by atoms with Gasteiger partial charge in [-0.1, -0.05) is 25.0 Å². The van der Waals surface area contributed by atoms with E-state index in [1.54, 1.807) is 12.0 Å². The molecule has 0 radical (unpaired) electrons. The highest BCUT2D eigenvalue weighted by atomic mass is 19.1. The van der Waals surface area contributed by atoms with E-state index >= 15 is 0 Å². The Morgan fingerprint density at radius 3 is 2.30 bits per heavy atom. The molecule has 2 heterocycles. The van der Waals surface area contributed by atoms with Crippen molar-refractivity contribution in [3.8, 4) is 5.75 Å². The van der Waals surface area contributed by atoms with Crippen LogP contribution in [-0.4, -0.2) is 48.4 Å². The molecule has 0 aliphatic carbocycles. The van der Waals surface area contributed by atoms with Gasteiger partial charge < -0.3 is 14.5 Å². The van der Waals surface area contributed by atoms with Gasteiger partial charge in [0.25, 0.3) is 5.91 Å². The van der Waals surface area contributed by atoms with Crippen LogP contribution in [0.15, 0.2) is 42.5 Å². The van der Waals surface area contributed by atoms with Crippen LogP contribution in [0.1, 0.15) is 60.5 Å². The minimum atomic E-state index is -0.856. The molecule has 4 rings (SSSR count). The van der Waals surface area contributed by atoms with Gasteiger partial charge in [0.05, 0.1) is 18.7 Å². The minimum absolute atomic E-state index is 0.0406. The predicted molar refractivity (Wildman–Crippen MR) is 121 cm³/mol. The van der Waals surface area contributed by atoms with Crippen molar-refractivity contribution in [1.29, 1.82) is 0 Å². The second-order valence-corrected chi connectivity index (χ2v) is 8.86. The van der Waals surface area contributed by atoms with Crippen molar-refractivity contribution in [1.82, 2.24) is 9.80 Å². The molecule has 2 aromatic rings. The number of methoxy groups -OCH3 is 1. The predicted octanol–water partition coefficient (Wildman–Crippen LogP) is 4.97. The summed E-state index contributed by atoms with van der Waals surface area (Å²) in [6.07, 6.45) is 5.18. The Bertz CT molecular complexity index is 988. The molecule has 0 aromatic heterocycles. The number of halogens is 2. The molecule has 0 unspecified atom stereocenters. The summed E-state index contributed by atoms with van der Waals surface area (Å²) < 4.78 is 32.5. The van der Waals surface area contributed by atoms with Crippen molar-refractivity contribution in [3.63, 3.8) is 0 Å². The Balaban J connectivity index is 1.43. The summed E-state index contributed by atoms with van der Waals surface area (Å²) in [6, 6.07) is 11.0. The highest BCUT2D eigenvalue weighted by molar-refractivity contribution is 5.94. The monoisotopic (exact) mass is 456 g/mol. The van der Waals surface area contributed by atoms with E-state index in [0.717, 1.165) is 55.7 Å². The van der Waals surface area contributed by atoms with Crippen molar-refractivity contribution in [2.75, 3.05) is 26.7 Å². The molecule has 0 saturated carbocycles. The molecule has 0 bridgehead atoms. The Hall–Kier alpha value is -2.96. The fourth-order valence-corrected chi connectivity index (χ4v) is 4.94. The molecule has 1 atom stereocenters. The highest BCUT2D eigenvalue weighted by Gasteiger charge is 2.34. The number of benzene rings is 2. The number of likely N-dealkylation sites (tertiary alicyclic amines) is 2. The summed E-state index contributed by atoms with van der Waals surface area (Å²) in [4.78, 5) is 29.8. The van der Waals surface area contributed by atoms with Crippen molar-refractivity contribution < 1.29 is 23.1 Å². The first-order chi connectivity index (χ1) is 16.0. The summed E-state index contributed by atoms with van der Waals surface area (Å²) in [5, 5.41) is 0. The third kappa shape index (κ3) is 5.18. The zero-order chi connectivity index (χ0) is 23.4. The molecule has 2 aliphatic heterocycles. The largest absolute Gasteiger partial charge is 0.497 e. The number of nitrogens with zero attached hydrogens (tertiary/aromatic N) is 2. The van der Waals surface area contributed by atoms with Gasteiger partial charge in [0.1, 0.15) is 17.4 Å². The van der Waals surface area contributed by atoms with Gasteiger partial charge in [-0.05, 0) is 55.5 Å². The molecule has 2 aromatic carbocycles. The lowest BCUT2D eigenvalue weighted by Gasteiger charge is -2.37. The van der Waals surface area contributed by atoms with Crippen LogP contribution < -0.4 is 4.74 Å². The van der Waals surface area contributed by atoms with Crippen LogP contribution >= 0.6 is 0 Å². The van der Waals surface area contributed by atoms with E-state index in [9.17, 15) is 18.4 Å². The van der Waals surface area contributed by atoms with E-state index in [1.165, 1.54) is 6.07 Å². The van der Waals surface area contributed by atoms with Gasteiger partial charge in [0, 0.05) is 31.6 Å². The number of hydrogen-bond donors (Lipinski definition) is 0. The second-order valence-electron chi connectivity index (χ2n) is 8.86. The van der Waals surface area contributed by atoms with Crippen LogP contribution in [0.4, 0.5) is 8.78 Å². The number of piperidine rings is 1. The summed E-state index contributed by atoms with van der Waals surface area (Å²) >= 11 is 0. The molecule has 2 saturated heterocycles. The lowest BCUT2D eigenvalue weighted by molar-refractivity contribution is -0.139. The number of ether oxygens (including phenoxy) is 1. The quantitative estimate of drug-likeness (QED) is 0.653. The lowest BCUT2D eigenvalue weighted by Crippen LogP contribution is -2.45. The molecule has 0 N–H and O–H groups in total. The van der Waals surface area contributed by atoms with E-state index in [1.807, 2.05) is 29.2 Å². The average Bonchev–Trinajstić information content (AvgIpc) is 3.09. The van der Waals surface area contributed by atoms with Crippen LogP contribution in [0, 0.1) is 17.6 Å². The van der Waals surface area contributed by atoms with E-state index in [0.29, 0.717) is 25.9 Å². The standard InChI is InChI=1S/C26H30F2N2O3/c1-33-21-9-6-18(7-10-21)24-5-3-2-4-14-30(24)25(31)19-12-15-29(16-13-19)26(32)22-11-8-20(27)17-23(22)28/h6-11,17,19,24H,2-5,12-16H2,1H3/t24-/m1/s1. The molecule has 33 heavy (non-hydrogen) atoms. The van der Waals surface area contributed by atoms with Crippen molar-refractivity contribution in [2.24, 2.45) is 5.92 Å². The second kappa shape index (κ2) is 10.3. The summed E-state index contributed by atoms with van der Waals surface area (Å²) in [5.41, 5.74) is 0.985. The first kappa shape index (κ1) is 23.2. The number of carbonyl (C=O) groups excluding carboxylic acids is 2. The van der Waals surface area contributed by atoms with Gasteiger partial charge in [-0.15, -0.1) is 0 Å².